The molecule has 0 radical (unpaired) electrons. The minimum absolute atomic E-state index is 0.287. The summed E-state index contributed by atoms with van der Waals surface area (Å²) in [6, 6.07) is 6.86. The molecule has 2 amide bonds. The first-order valence-electron chi connectivity index (χ1n) is 5.35. The quantitative estimate of drug-likeness (QED) is 0.537. The highest BCUT2D eigenvalue weighted by atomic mass is 79.9. The van der Waals surface area contributed by atoms with Crippen LogP contribution in [0.3, 0.4) is 0 Å². The molecule has 0 unspecified atom stereocenters. The number of hydrogen-bond acceptors (Lipinski definition) is 4. The Kier molecular flexibility index (Phi) is 6.24. The van der Waals surface area contributed by atoms with E-state index >= 15 is 0 Å². The monoisotopic (exact) mass is 342 g/mol. The van der Waals surface area contributed by atoms with Gasteiger partial charge in [0.25, 0.3) is 11.8 Å². The molecule has 8 heteroatoms. The minimum Gasteiger partial charge on any atom is -0.484 e. The lowest BCUT2D eigenvalue weighted by molar-refractivity contribution is -0.131. The molecule has 106 valence electrons. The number of halogens is 1. The van der Waals surface area contributed by atoms with Crippen LogP contribution in [-0.2, 0) is 14.4 Å². The molecule has 0 saturated heterocycles. The van der Waals surface area contributed by atoms with Crippen LogP contribution in [0.5, 0.6) is 5.75 Å². The number of aliphatic carboxylic acids is 1. The summed E-state index contributed by atoms with van der Waals surface area (Å²) in [5, 5.41) is 8.29. The first-order chi connectivity index (χ1) is 9.47. The summed E-state index contributed by atoms with van der Waals surface area (Å²) in [4.78, 5) is 32.5. The highest BCUT2D eigenvalue weighted by Gasteiger charge is 2.04. The standard InChI is InChI=1S/C12H11BrN2O5/c13-8-1-3-9(4-2-8)20-7-11(17)15-14-10(16)5-6-12(18)19/h1-6H,7H2,(H,14,16)(H,15,17)(H,18,19). The highest BCUT2D eigenvalue weighted by Crippen LogP contribution is 2.15. The van der Waals surface area contributed by atoms with Gasteiger partial charge in [0.2, 0.25) is 0 Å². The van der Waals surface area contributed by atoms with Crippen LogP contribution in [0.15, 0.2) is 40.9 Å². The molecule has 0 aromatic heterocycles. The van der Waals surface area contributed by atoms with Gasteiger partial charge < -0.3 is 9.84 Å². The third-order valence-corrected chi connectivity index (χ3v) is 2.41. The number of amides is 2. The largest absolute Gasteiger partial charge is 0.484 e. The zero-order valence-electron chi connectivity index (χ0n) is 10.1. The molecule has 0 atom stereocenters. The fourth-order valence-electron chi connectivity index (χ4n) is 1.04. The van der Waals surface area contributed by atoms with Gasteiger partial charge in [-0.2, -0.15) is 0 Å². The number of nitrogens with one attached hydrogen (secondary N) is 2. The number of ether oxygens (including phenoxy) is 1. The van der Waals surface area contributed by atoms with Crippen LogP contribution in [0.2, 0.25) is 0 Å². The number of carbonyl (C=O) groups excluding carboxylic acids is 2. The van der Waals surface area contributed by atoms with Crippen molar-refractivity contribution >= 4 is 33.7 Å². The molecule has 0 saturated carbocycles. The predicted molar refractivity (Wildman–Crippen MR) is 72.7 cm³/mol. The van der Waals surface area contributed by atoms with E-state index in [4.69, 9.17) is 9.84 Å². The molecular formula is C12H11BrN2O5. The number of hydrogen-bond donors (Lipinski definition) is 3. The van der Waals surface area contributed by atoms with Crippen LogP contribution in [-0.4, -0.2) is 29.5 Å². The second-order valence-corrected chi connectivity index (χ2v) is 4.37. The maximum Gasteiger partial charge on any atom is 0.328 e. The summed E-state index contributed by atoms with van der Waals surface area (Å²) < 4.78 is 6.04. The molecule has 0 aliphatic rings. The average molecular weight is 343 g/mol. The molecule has 1 aromatic carbocycles. The summed E-state index contributed by atoms with van der Waals surface area (Å²) in [5.74, 6) is -2.10. The van der Waals surface area contributed by atoms with E-state index in [0.717, 1.165) is 10.5 Å². The lowest BCUT2D eigenvalue weighted by atomic mass is 10.3. The number of carbonyl (C=O) groups is 3. The molecule has 0 bridgehead atoms. The van der Waals surface area contributed by atoms with Crippen LogP contribution in [0.4, 0.5) is 0 Å². The Morgan fingerprint density at radius 2 is 1.80 bits per heavy atom. The normalized spacial score (nSPS) is 10.1. The summed E-state index contributed by atoms with van der Waals surface area (Å²) >= 11 is 3.26. The van der Waals surface area contributed by atoms with Crippen LogP contribution < -0.4 is 15.6 Å². The van der Waals surface area contributed by atoms with Gasteiger partial charge in [-0.1, -0.05) is 15.9 Å². The second kappa shape index (κ2) is 7.95. The molecule has 1 rings (SSSR count). The fraction of sp³-hybridized carbons (Fsp3) is 0.0833. The van der Waals surface area contributed by atoms with Gasteiger partial charge in [-0.3, -0.25) is 20.4 Å². The zero-order valence-corrected chi connectivity index (χ0v) is 11.7. The molecule has 0 aliphatic carbocycles. The van der Waals surface area contributed by atoms with Crippen molar-refractivity contribution in [2.45, 2.75) is 0 Å². The van der Waals surface area contributed by atoms with Crippen LogP contribution in [0.25, 0.3) is 0 Å². The van der Waals surface area contributed by atoms with Crippen molar-refractivity contribution in [1.82, 2.24) is 10.9 Å². The van der Waals surface area contributed by atoms with Gasteiger partial charge in [0, 0.05) is 16.6 Å². The minimum atomic E-state index is -1.26. The molecule has 0 heterocycles. The van der Waals surface area contributed by atoms with Gasteiger partial charge in [0.05, 0.1) is 0 Å². The van der Waals surface area contributed by atoms with E-state index in [-0.39, 0.29) is 6.61 Å². The first kappa shape index (κ1) is 15.7. The average Bonchev–Trinajstić information content (AvgIpc) is 2.42. The van der Waals surface area contributed by atoms with E-state index < -0.39 is 17.8 Å². The van der Waals surface area contributed by atoms with E-state index in [1.165, 1.54) is 0 Å². The molecule has 0 spiro atoms. The van der Waals surface area contributed by atoms with Gasteiger partial charge in [-0.05, 0) is 24.3 Å². The summed E-state index contributed by atoms with van der Waals surface area (Å²) in [7, 11) is 0. The number of rotatable bonds is 5. The summed E-state index contributed by atoms with van der Waals surface area (Å²) in [6.45, 7) is -0.287. The predicted octanol–water partition coefficient (Wildman–Crippen LogP) is 0.616. The van der Waals surface area contributed by atoms with E-state index in [1.54, 1.807) is 24.3 Å². The molecule has 1 aromatic rings. The Hall–Kier alpha value is -2.35. The Labute approximate surface area is 122 Å². The van der Waals surface area contributed by atoms with Crippen LogP contribution in [0.1, 0.15) is 0 Å². The van der Waals surface area contributed by atoms with Crippen molar-refractivity contribution in [2.75, 3.05) is 6.61 Å². The van der Waals surface area contributed by atoms with Crippen molar-refractivity contribution in [3.63, 3.8) is 0 Å². The maximum absolute atomic E-state index is 11.3. The number of hydrazine groups is 1. The van der Waals surface area contributed by atoms with Crippen LogP contribution >= 0.6 is 15.9 Å². The van der Waals surface area contributed by atoms with Gasteiger partial charge in [0.15, 0.2) is 6.61 Å². The van der Waals surface area contributed by atoms with Crippen molar-refractivity contribution < 1.29 is 24.2 Å². The fourth-order valence-corrected chi connectivity index (χ4v) is 1.30. The number of carboxylic acids is 1. The van der Waals surface area contributed by atoms with Crippen LogP contribution in [0, 0.1) is 0 Å². The topological polar surface area (TPSA) is 105 Å². The summed E-state index contributed by atoms with van der Waals surface area (Å²) in [5.41, 5.74) is 4.08. The Morgan fingerprint density at radius 1 is 1.15 bits per heavy atom. The van der Waals surface area contributed by atoms with E-state index in [2.05, 4.69) is 21.4 Å². The third-order valence-electron chi connectivity index (χ3n) is 1.89. The number of benzene rings is 1. The van der Waals surface area contributed by atoms with Gasteiger partial charge in [-0.15, -0.1) is 0 Å². The van der Waals surface area contributed by atoms with Crippen molar-refractivity contribution in [2.24, 2.45) is 0 Å². The Bertz CT molecular complexity index is 527. The Morgan fingerprint density at radius 3 is 2.40 bits per heavy atom. The van der Waals surface area contributed by atoms with Crippen molar-refractivity contribution in [1.29, 1.82) is 0 Å². The maximum atomic E-state index is 11.3. The third kappa shape index (κ3) is 6.55. The van der Waals surface area contributed by atoms with E-state index in [0.29, 0.717) is 11.8 Å². The molecular weight excluding hydrogens is 332 g/mol. The molecule has 3 N–H and O–H groups in total. The smallest absolute Gasteiger partial charge is 0.328 e. The van der Waals surface area contributed by atoms with E-state index in [9.17, 15) is 14.4 Å². The molecule has 7 nitrogen and oxygen atoms in total. The molecule has 0 aliphatic heterocycles. The SMILES string of the molecule is O=C(O)C=CC(=O)NNC(=O)COc1ccc(Br)cc1. The first-order valence-corrected chi connectivity index (χ1v) is 6.15. The summed E-state index contributed by atoms with van der Waals surface area (Å²) in [6.07, 6.45) is 1.43. The number of carboxylic acid groups (broad SMARTS) is 1. The van der Waals surface area contributed by atoms with Gasteiger partial charge >= 0.3 is 5.97 Å². The lowest BCUT2D eigenvalue weighted by Crippen LogP contribution is -2.43. The highest BCUT2D eigenvalue weighted by molar-refractivity contribution is 9.10. The molecule has 20 heavy (non-hydrogen) atoms. The van der Waals surface area contributed by atoms with Crippen molar-refractivity contribution in [3.8, 4) is 5.75 Å². The lowest BCUT2D eigenvalue weighted by Gasteiger charge is -2.07. The van der Waals surface area contributed by atoms with Gasteiger partial charge in [-0.25, -0.2) is 4.79 Å². The van der Waals surface area contributed by atoms with E-state index in [1.807, 2.05) is 5.43 Å². The zero-order chi connectivity index (χ0) is 15.0. The van der Waals surface area contributed by atoms with Gasteiger partial charge in [0.1, 0.15) is 5.75 Å². The van der Waals surface area contributed by atoms with Crippen molar-refractivity contribution in [3.05, 3.63) is 40.9 Å². The Balaban J connectivity index is 2.28. The second-order valence-electron chi connectivity index (χ2n) is 3.45. The molecule has 0 fully saturated rings.